The van der Waals surface area contributed by atoms with Crippen molar-refractivity contribution >= 4 is 11.3 Å². The van der Waals surface area contributed by atoms with Gasteiger partial charge in [-0.15, -0.1) is 11.3 Å². The average molecular weight is 253 g/mol. The summed E-state index contributed by atoms with van der Waals surface area (Å²) in [6.45, 7) is 3.23. The number of hydrogen-bond acceptors (Lipinski definition) is 3. The van der Waals surface area contributed by atoms with Gasteiger partial charge in [-0.2, -0.15) is 0 Å². The second-order valence-corrected chi connectivity index (χ2v) is 5.83. The van der Waals surface area contributed by atoms with Crippen LogP contribution in [0.2, 0.25) is 0 Å². The molecule has 1 aromatic heterocycles. The first kappa shape index (κ1) is 12.9. The average Bonchev–Trinajstić information content (AvgIpc) is 2.99. The molecule has 1 atom stereocenters. The van der Waals surface area contributed by atoms with Gasteiger partial charge in [-0.3, -0.25) is 0 Å². The zero-order valence-corrected chi connectivity index (χ0v) is 11.7. The number of hydrogen-bond donors (Lipinski definition) is 1. The number of nitrogens with one attached hydrogen (secondary N) is 1. The van der Waals surface area contributed by atoms with Gasteiger partial charge in [0, 0.05) is 16.3 Å². The molecular formula is C14H23NOS. The Hall–Kier alpha value is -0.540. The van der Waals surface area contributed by atoms with Crippen molar-refractivity contribution in [3.8, 4) is 5.75 Å². The third kappa shape index (κ3) is 3.46. The first-order chi connectivity index (χ1) is 8.33. The molecule has 1 saturated carbocycles. The summed E-state index contributed by atoms with van der Waals surface area (Å²) < 4.78 is 5.28. The van der Waals surface area contributed by atoms with Crippen molar-refractivity contribution < 1.29 is 4.74 Å². The van der Waals surface area contributed by atoms with E-state index in [1.54, 1.807) is 7.11 Å². The molecule has 0 aromatic carbocycles. The summed E-state index contributed by atoms with van der Waals surface area (Å²) in [6.07, 6.45) is 6.99. The lowest BCUT2D eigenvalue weighted by molar-refractivity contribution is 0.400. The fraction of sp³-hybridized carbons (Fsp3) is 0.714. The third-order valence-corrected chi connectivity index (χ3v) is 4.69. The molecule has 0 bridgehead atoms. The van der Waals surface area contributed by atoms with Crippen molar-refractivity contribution in [3.05, 3.63) is 16.3 Å². The van der Waals surface area contributed by atoms with Crippen LogP contribution in [0.3, 0.4) is 0 Å². The molecule has 2 nitrogen and oxygen atoms in total. The Bertz CT molecular complexity index is 331. The monoisotopic (exact) mass is 253 g/mol. The Morgan fingerprint density at radius 2 is 2.24 bits per heavy atom. The number of ether oxygens (including phenoxy) is 1. The van der Waals surface area contributed by atoms with E-state index in [0.29, 0.717) is 6.04 Å². The predicted molar refractivity (Wildman–Crippen MR) is 73.9 cm³/mol. The van der Waals surface area contributed by atoms with Crippen LogP contribution in [0, 0.1) is 5.92 Å². The molecule has 1 aliphatic rings. The topological polar surface area (TPSA) is 21.3 Å². The molecule has 0 saturated heterocycles. The van der Waals surface area contributed by atoms with Crippen molar-refractivity contribution in [2.24, 2.45) is 5.92 Å². The van der Waals surface area contributed by atoms with E-state index in [1.165, 1.54) is 37.0 Å². The Balaban J connectivity index is 1.99. The third-order valence-electron chi connectivity index (χ3n) is 3.67. The van der Waals surface area contributed by atoms with Crippen molar-refractivity contribution in [3.63, 3.8) is 0 Å². The van der Waals surface area contributed by atoms with Crippen LogP contribution in [0.1, 0.15) is 49.9 Å². The Morgan fingerprint density at radius 3 is 2.82 bits per heavy atom. The van der Waals surface area contributed by atoms with Crippen LogP contribution in [0.25, 0.3) is 0 Å². The molecule has 17 heavy (non-hydrogen) atoms. The highest BCUT2D eigenvalue weighted by molar-refractivity contribution is 7.10. The quantitative estimate of drug-likeness (QED) is 0.827. The van der Waals surface area contributed by atoms with Crippen molar-refractivity contribution in [2.45, 2.75) is 45.1 Å². The molecule has 3 heteroatoms. The molecular weight excluding hydrogens is 230 g/mol. The maximum atomic E-state index is 5.28. The molecule has 1 aromatic rings. The highest BCUT2D eigenvalue weighted by Crippen LogP contribution is 2.36. The summed E-state index contributed by atoms with van der Waals surface area (Å²) in [6, 6.07) is 2.71. The van der Waals surface area contributed by atoms with Crippen LogP contribution in [0.15, 0.2) is 11.4 Å². The van der Waals surface area contributed by atoms with Crippen molar-refractivity contribution in [1.29, 1.82) is 0 Å². The van der Waals surface area contributed by atoms with Crippen LogP contribution in [-0.2, 0) is 0 Å². The van der Waals surface area contributed by atoms with E-state index in [2.05, 4.69) is 23.7 Å². The van der Waals surface area contributed by atoms with Crippen LogP contribution in [-0.4, -0.2) is 13.7 Å². The summed E-state index contributed by atoms with van der Waals surface area (Å²) >= 11 is 1.82. The summed E-state index contributed by atoms with van der Waals surface area (Å²) in [7, 11) is 1.74. The molecule has 0 radical (unpaired) electrons. The Morgan fingerprint density at radius 1 is 1.47 bits per heavy atom. The highest BCUT2D eigenvalue weighted by atomic mass is 32.1. The molecule has 1 N–H and O–H groups in total. The minimum atomic E-state index is 0.525. The normalized spacial score (nSPS) is 18.5. The van der Waals surface area contributed by atoms with Crippen molar-refractivity contribution in [1.82, 2.24) is 5.32 Å². The maximum absolute atomic E-state index is 5.28. The SMILES string of the molecule is CCNC(CC1CCCC1)c1cc(OC)cs1. The second kappa shape index (κ2) is 6.41. The smallest absolute Gasteiger partial charge is 0.129 e. The molecule has 96 valence electrons. The zero-order valence-electron chi connectivity index (χ0n) is 10.9. The van der Waals surface area contributed by atoms with E-state index in [9.17, 15) is 0 Å². The number of methoxy groups -OCH3 is 1. The number of rotatable bonds is 6. The first-order valence-electron chi connectivity index (χ1n) is 6.69. The molecule has 0 aliphatic heterocycles. The van der Waals surface area contributed by atoms with Gasteiger partial charge in [-0.1, -0.05) is 32.6 Å². The maximum Gasteiger partial charge on any atom is 0.129 e. The van der Waals surface area contributed by atoms with Gasteiger partial charge in [0.1, 0.15) is 5.75 Å². The second-order valence-electron chi connectivity index (χ2n) is 4.89. The summed E-state index contributed by atoms with van der Waals surface area (Å²) in [4.78, 5) is 1.43. The molecule has 1 heterocycles. The van der Waals surface area contributed by atoms with Gasteiger partial charge in [-0.25, -0.2) is 0 Å². The highest BCUT2D eigenvalue weighted by Gasteiger charge is 2.21. The molecule has 1 fully saturated rings. The zero-order chi connectivity index (χ0) is 12.1. The Kier molecular flexibility index (Phi) is 4.86. The first-order valence-corrected chi connectivity index (χ1v) is 7.57. The van der Waals surface area contributed by atoms with Crippen molar-refractivity contribution in [2.75, 3.05) is 13.7 Å². The van der Waals surface area contributed by atoms with E-state index >= 15 is 0 Å². The van der Waals surface area contributed by atoms with E-state index in [0.717, 1.165) is 18.2 Å². The van der Waals surface area contributed by atoms with Gasteiger partial charge in [0.25, 0.3) is 0 Å². The van der Waals surface area contributed by atoms with Crippen LogP contribution in [0.4, 0.5) is 0 Å². The summed E-state index contributed by atoms with van der Waals surface area (Å²) in [5.41, 5.74) is 0. The van der Waals surface area contributed by atoms with Gasteiger partial charge >= 0.3 is 0 Å². The largest absolute Gasteiger partial charge is 0.496 e. The lowest BCUT2D eigenvalue weighted by atomic mass is 9.97. The molecule has 1 unspecified atom stereocenters. The molecule has 2 rings (SSSR count). The number of thiophene rings is 1. The van der Waals surface area contributed by atoms with Gasteiger partial charge in [-0.05, 0) is 24.9 Å². The van der Waals surface area contributed by atoms with Crippen LogP contribution < -0.4 is 10.1 Å². The van der Waals surface area contributed by atoms with Crippen LogP contribution >= 0.6 is 11.3 Å². The van der Waals surface area contributed by atoms with Gasteiger partial charge in [0.05, 0.1) is 7.11 Å². The van der Waals surface area contributed by atoms with E-state index in [-0.39, 0.29) is 0 Å². The van der Waals surface area contributed by atoms with E-state index in [4.69, 9.17) is 4.74 Å². The minimum Gasteiger partial charge on any atom is -0.496 e. The Labute approximate surface area is 108 Å². The standard InChI is InChI=1S/C14H23NOS/c1-3-15-13(8-11-6-4-5-7-11)14-9-12(16-2)10-17-14/h9-11,13,15H,3-8H2,1-2H3. The molecule has 1 aliphatic carbocycles. The predicted octanol–water partition coefficient (Wildman–Crippen LogP) is 3.99. The molecule has 0 spiro atoms. The van der Waals surface area contributed by atoms with Gasteiger partial charge in [0.15, 0.2) is 0 Å². The summed E-state index contributed by atoms with van der Waals surface area (Å²) in [5.74, 6) is 1.92. The van der Waals surface area contributed by atoms with Gasteiger partial charge in [0.2, 0.25) is 0 Å². The van der Waals surface area contributed by atoms with Crippen LogP contribution in [0.5, 0.6) is 5.75 Å². The summed E-state index contributed by atoms with van der Waals surface area (Å²) in [5, 5.41) is 5.72. The molecule has 0 amide bonds. The van der Waals surface area contributed by atoms with E-state index in [1.807, 2.05) is 11.3 Å². The fourth-order valence-electron chi connectivity index (χ4n) is 2.75. The van der Waals surface area contributed by atoms with E-state index < -0.39 is 0 Å². The lowest BCUT2D eigenvalue weighted by Crippen LogP contribution is -2.22. The minimum absolute atomic E-state index is 0.525. The van der Waals surface area contributed by atoms with Gasteiger partial charge < -0.3 is 10.1 Å². The fourth-order valence-corrected chi connectivity index (χ4v) is 3.69. The lowest BCUT2D eigenvalue weighted by Gasteiger charge is -2.20.